The topological polar surface area (TPSA) is 35.8 Å². The normalized spacial score (nSPS) is 22.5. The average Bonchev–Trinajstić information content (AvgIpc) is 2.66. The Kier molecular flexibility index (Phi) is 4.24. The zero-order valence-electron chi connectivity index (χ0n) is 8.71. The fourth-order valence-electron chi connectivity index (χ4n) is 2.16. The van der Waals surface area contributed by atoms with Gasteiger partial charge in [0.05, 0.1) is 12.1 Å². The molecule has 2 atom stereocenters. The van der Waals surface area contributed by atoms with Crippen LogP contribution in [0.3, 0.4) is 0 Å². The molecule has 1 rings (SSSR count). The predicted molar refractivity (Wildman–Crippen MR) is 54.2 cm³/mol. The molecule has 0 saturated heterocycles. The van der Waals surface area contributed by atoms with Gasteiger partial charge in [-0.1, -0.05) is 19.8 Å². The molecule has 74 valence electrons. The number of hydrogen-bond donors (Lipinski definition) is 1. The Hall–Kier alpha value is -0.550. The van der Waals surface area contributed by atoms with Crippen molar-refractivity contribution in [3.63, 3.8) is 0 Å². The van der Waals surface area contributed by atoms with Crippen molar-refractivity contribution < 1.29 is 0 Å². The van der Waals surface area contributed by atoms with Crippen LogP contribution >= 0.6 is 0 Å². The van der Waals surface area contributed by atoms with Gasteiger partial charge >= 0.3 is 0 Å². The molecule has 0 bridgehead atoms. The Balaban J connectivity index is 2.30. The fraction of sp³-hybridized carbons (Fsp3) is 0.909. The second kappa shape index (κ2) is 5.24. The second-order valence-electron chi connectivity index (χ2n) is 4.09. The number of nitriles is 1. The zero-order valence-corrected chi connectivity index (χ0v) is 8.71. The van der Waals surface area contributed by atoms with Crippen LogP contribution in [0.1, 0.15) is 46.0 Å². The average molecular weight is 180 g/mol. The molecule has 0 aliphatic heterocycles. The summed E-state index contributed by atoms with van der Waals surface area (Å²) in [5, 5.41) is 12.2. The maximum absolute atomic E-state index is 8.81. The monoisotopic (exact) mass is 180 g/mol. The molecule has 0 aromatic rings. The molecule has 1 N–H and O–H groups in total. The van der Waals surface area contributed by atoms with Crippen LogP contribution < -0.4 is 5.32 Å². The van der Waals surface area contributed by atoms with E-state index < -0.39 is 0 Å². The van der Waals surface area contributed by atoms with Crippen LogP contribution in [-0.2, 0) is 0 Å². The summed E-state index contributed by atoms with van der Waals surface area (Å²) in [6, 6.07) is 2.87. The zero-order chi connectivity index (χ0) is 9.68. The van der Waals surface area contributed by atoms with E-state index in [1.807, 2.05) is 0 Å². The van der Waals surface area contributed by atoms with Gasteiger partial charge in [0.1, 0.15) is 0 Å². The van der Waals surface area contributed by atoms with Crippen molar-refractivity contribution in [3.8, 4) is 6.07 Å². The summed E-state index contributed by atoms with van der Waals surface area (Å²) < 4.78 is 0. The van der Waals surface area contributed by atoms with Gasteiger partial charge in [-0.2, -0.15) is 5.26 Å². The van der Waals surface area contributed by atoms with Gasteiger partial charge < -0.3 is 0 Å². The molecule has 2 heteroatoms. The Labute approximate surface area is 81.3 Å². The van der Waals surface area contributed by atoms with Crippen LogP contribution in [0.25, 0.3) is 0 Å². The van der Waals surface area contributed by atoms with E-state index in [-0.39, 0.29) is 6.04 Å². The third kappa shape index (κ3) is 3.00. The van der Waals surface area contributed by atoms with Gasteiger partial charge in [-0.25, -0.2) is 0 Å². The summed E-state index contributed by atoms with van der Waals surface area (Å²) in [4.78, 5) is 0. The molecule has 13 heavy (non-hydrogen) atoms. The van der Waals surface area contributed by atoms with Crippen molar-refractivity contribution in [2.45, 2.75) is 58.0 Å². The van der Waals surface area contributed by atoms with E-state index in [9.17, 15) is 0 Å². The Morgan fingerprint density at radius 3 is 2.54 bits per heavy atom. The van der Waals surface area contributed by atoms with Crippen LogP contribution in [0.15, 0.2) is 0 Å². The van der Waals surface area contributed by atoms with Crippen LogP contribution in [0.5, 0.6) is 0 Å². The highest BCUT2D eigenvalue weighted by Crippen LogP contribution is 2.27. The Bertz CT molecular complexity index is 177. The van der Waals surface area contributed by atoms with E-state index >= 15 is 0 Å². The van der Waals surface area contributed by atoms with Crippen molar-refractivity contribution >= 4 is 0 Å². The van der Waals surface area contributed by atoms with E-state index in [0.717, 1.165) is 12.3 Å². The summed E-state index contributed by atoms with van der Waals surface area (Å²) in [6.45, 7) is 4.28. The SMILES string of the molecule is CCC(C#N)N[C@H](C)C1CCCC1. The lowest BCUT2D eigenvalue weighted by atomic mass is 9.99. The summed E-state index contributed by atoms with van der Waals surface area (Å²) in [7, 11) is 0. The molecule has 1 unspecified atom stereocenters. The molecule has 0 aromatic carbocycles. The molecule has 1 saturated carbocycles. The molecule has 0 aromatic heterocycles. The summed E-state index contributed by atoms with van der Waals surface area (Å²) >= 11 is 0. The second-order valence-corrected chi connectivity index (χ2v) is 4.09. The van der Waals surface area contributed by atoms with E-state index in [4.69, 9.17) is 5.26 Å². The fourth-order valence-corrected chi connectivity index (χ4v) is 2.16. The first-order chi connectivity index (χ1) is 6.27. The molecule has 0 radical (unpaired) electrons. The van der Waals surface area contributed by atoms with Gasteiger partial charge in [-0.15, -0.1) is 0 Å². The van der Waals surface area contributed by atoms with Gasteiger partial charge in [0.15, 0.2) is 0 Å². The minimum absolute atomic E-state index is 0.0515. The molecule has 1 aliphatic carbocycles. The smallest absolute Gasteiger partial charge is 0.0952 e. The molecular formula is C11H20N2. The van der Waals surface area contributed by atoms with E-state index in [1.165, 1.54) is 25.7 Å². The molecular weight excluding hydrogens is 160 g/mol. The van der Waals surface area contributed by atoms with Crippen molar-refractivity contribution in [2.24, 2.45) is 5.92 Å². The lowest BCUT2D eigenvalue weighted by Gasteiger charge is -2.22. The van der Waals surface area contributed by atoms with E-state index in [2.05, 4.69) is 25.2 Å². The number of rotatable bonds is 4. The first-order valence-electron chi connectivity index (χ1n) is 5.43. The van der Waals surface area contributed by atoms with Crippen LogP contribution in [0.4, 0.5) is 0 Å². The van der Waals surface area contributed by atoms with Crippen molar-refractivity contribution in [1.82, 2.24) is 5.32 Å². The Morgan fingerprint density at radius 1 is 1.46 bits per heavy atom. The number of hydrogen-bond acceptors (Lipinski definition) is 2. The van der Waals surface area contributed by atoms with Gasteiger partial charge in [0.2, 0.25) is 0 Å². The van der Waals surface area contributed by atoms with Crippen molar-refractivity contribution in [2.75, 3.05) is 0 Å². The van der Waals surface area contributed by atoms with E-state index in [0.29, 0.717) is 6.04 Å². The highest BCUT2D eigenvalue weighted by molar-refractivity contribution is 4.91. The lowest BCUT2D eigenvalue weighted by molar-refractivity contribution is 0.361. The first-order valence-corrected chi connectivity index (χ1v) is 5.43. The Morgan fingerprint density at radius 2 is 2.08 bits per heavy atom. The first kappa shape index (κ1) is 10.5. The van der Waals surface area contributed by atoms with Crippen molar-refractivity contribution in [1.29, 1.82) is 5.26 Å². The summed E-state index contributed by atoms with van der Waals surface area (Å²) in [5.74, 6) is 0.808. The summed E-state index contributed by atoms with van der Waals surface area (Å²) in [6.07, 6.45) is 6.35. The maximum Gasteiger partial charge on any atom is 0.0952 e. The highest BCUT2D eigenvalue weighted by atomic mass is 14.9. The molecule has 0 amide bonds. The molecule has 0 heterocycles. The maximum atomic E-state index is 8.81. The molecule has 0 spiro atoms. The number of nitrogens with zero attached hydrogens (tertiary/aromatic N) is 1. The van der Waals surface area contributed by atoms with Gasteiger partial charge in [-0.05, 0) is 32.1 Å². The van der Waals surface area contributed by atoms with E-state index in [1.54, 1.807) is 0 Å². The van der Waals surface area contributed by atoms with Gasteiger partial charge in [0.25, 0.3) is 0 Å². The van der Waals surface area contributed by atoms with Crippen molar-refractivity contribution in [3.05, 3.63) is 0 Å². The molecule has 1 aliphatic rings. The number of nitrogens with one attached hydrogen (secondary N) is 1. The van der Waals surface area contributed by atoms with Crippen LogP contribution in [-0.4, -0.2) is 12.1 Å². The molecule has 2 nitrogen and oxygen atoms in total. The summed E-state index contributed by atoms with van der Waals surface area (Å²) in [5.41, 5.74) is 0. The largest absolute Gasteiger partial charge is 0.299 e. The highest BCUT2D eigenvalue weighted by Gasteiger charge is 2.22. The minimum atomic E-state index is 0.0515. The van der Waals surface area contributed by atoms with Gasteiger partial charge in [0, 0.05) is 6.04 Å². The molecule has 1 fully saturated rings. The third-order valence-corrected chi connectivity index (χ3v) is 3.14. The van der Waals surface area contributed by atoms with Crippen LogP contribution in [0, 0.1) is 17.2 Å². The quantitative estimate of drug-likeness (QED) is 0.721. The predicted octanol–water partition coefficient (Wildman–Crippen LogP) is 2.46. The standard InChI is InChI=1S/C11H20N2/c1-3-11(8-12)13-9(2)10-6-4-5-7-10/h9-11,13H,3-7H2,1-2H3/t9-,11?/m1/s1. The lowest BCUT2D eigenvalue weighted by Crippen LogP contribution is -2.39. The van der Waals surface area contributed by atoms with Crippen LogP contribution in [0.2, 0.25) is 0 Å². The third-order valence-electron chi connectivity index (χ3n) is 3.14. The van der Waals surface area contributed by atoms with Gasteiger partial charge in [-0.3, -0.25) is 5.32 Å². The minimum Gasteiger partial charge on any atom is -0.299 e.